The third-order valence-electron chi connectivity index (χ3n) is 6.81. The van der Waals surface area contributed by atoms with Crippen LogP contribution in [0.25, 0.3) is 11.3 Å². The average Bonchev–Trinajstić information content (AvgIpc) is 3.25. The van der Waals surface area contributed by atoms with E-state index >= 15 is 0 Å². The molecule has 164 valence electrons. The number of allylic oxidation sites excluding steroid dienone is 3. The quantitative estimate of drug-likeness (QED) is 0.482. The largest absolute Gasteiger partial charge is 0.511 e. The third kappa shape index (κ3) is 2.47. The first-order valence-corrected chi connectivity index (χ1v) is 10.2. The van der Waals surface area contributed by atoms with Crippen molar-refractivity contribution in [1.82, 2.24) is 0 Å². The molecule has 0 saturated heterocycles. The number of Topliss-reactive ketones (excluding diaryl/α,β-unsaturated/α-hetero) is 2. The maximum absolute atomic E-state index is 13.5. The maximum Gasteiger partial charge on any atom is 0.207 e. The SMILES string of the molecule is C=C(N)C1=C(O)C[C@@H]2C[C@@H]3Cc4c(-c5ccco5)ccc(O)c4C(=O)C3=C(O)[C@]2(O)C1=O. The molecule has 0 aliphatic heterocycles. The van der Waals surface area contributed by atoms with Crippen LogP contribution in [0.4, 0.5) is 0 Å². The number of benzene rings is 1. The van der Waals surface area contributed by atoms with E-state index in [0.717, 1.165) is 0 Å². The van der Waals surface area contributed by atoms with Crippen molar-refractivity contribution in [2.75, 3.05) is 0 Å². The summed E-state index contributed by atoms with van der Waals surface area (Å²) in [5, 5.41) is 43.2. The molecule has 3 aliphatic rings. The molecule has 0 bridgehead atoms. The normalized spacial score (nSPS) is 27.2. The summed E-state index contributed by atoms with van der Waals surface area (Å²) >= 11 is 0. The second kappa shape index (κ2) is 6.61. The number of carbonyl (C=O) groups excluding carboxylic acids is 2. The highest BCUT2D eigenvalue weighted by atomic mass is 16.3. The molecule has 2 aromatic rings. The summed E-state index contributed by atoms with van der Waals surface area (Å²) in [4.78, 5) is 26.5. The molecule has 0 spiro atoms. The molecular weight excluding hydrogens is 414 g/mol. The predicted octanol–water partition coefficient (Wildman–Crippen LogP) is 2.83. The Morgan fingerprint density at radius 2 is 1.91 bits per heavy atom. The van der Waals surface area contributed by atoms with Gasteiger partial charge in [-0.2, -0.15) is 0 Å². The molecule has 32 heavy (non-hydrogen) atoms. The van der Waals surface area contributed by atoms with Crippen molar-refractivity contribution >= 4 is 11.6 Å². The van der Waals surface area contributed by atoms with E-state index in [1.165, 1.54) is 12.3 Å². The zero-order valence-corrected chi connectivity index (χ0v) is 17.0. The summed E-state index contributed by atoms with van der Waals surface area (Å²) in [5.74, 6) is -3.84. The summed E-state index contributed by atoms with van der Waals surface area (Å²) in [5.41, 5.74) is 3.74. The third-order valence-corrected chi connectivity index (χ3v) is 6.81. The van der Waals surface area contributed by atoms with Gasteiger partial charge < -0.3 is 30.6 Å². The molecule has 0 fully saturated rings. The summed E-state index contributed by atoms with van der Waals surface area (Å²) in [6.07, 6.45) is 1.83. The number of aliphatic hydroxyl groups excluding tert-OH is 2. The van der Waals surface area contributed by atoms with E-state index in [-0.39, 0.29) is 53.2 Å². The Labute approximate surface area is 182 Å². The van der Waals surface area contributed by atoms with Gasteiger partial charge in [0, 0.05) is 29.2 Å². The Morgan fingerprint density at radius 1 is 1.16 bits per heavy atom. The van der Waals surface area contributed by atoms with Gasteiger partial charge in [-0.25, -0.2) is 0 Å². The second-order valence-electron chi connectivity index (χ2n) is 8.53. The first kappa shape index (κ1) is 20.1. The van der Waals surface area contributed by atoms with Crippen LogP contribution in [0.2, 0.25) is 0 Å². The number of hydrogen-bond donors (Lipinski definition) is 5. The lowest BCUT2D eigenvalue weighted by atomic mass is 9.60. The number of nitrogens with two attached hydrogens (primary N) is 1. The Morgan fingerprint density at radius 3 is 2.56 bits per heavy atom. The van der Waals surface area contributed by atoms with E-state index in [1.54, 1.807) is 18.2 Å². The summed E-state index contributed by atoms with van der Waals surface area (Å²) in [6.45, 7) is 3.47. The molecule has 6 N–H and O–H groups in total. The number of aliphatic hydroxyl groups is 3. The highest BCUT2D eigenvalue weighted by Gasteiger charge is 2.59. The van der Waals surface area contributed by atoms with Gasteiger partial charge in [0.05, 0.1) is 17.4 Å². The fraction of sp³-hybridized carbons (Fsp3) is 0.250. The van der Waals surface area contributed by atoms with Crippen molar-refractivity contribution in [3.05, 3.63) is 76.6 Å². The van der Waals surface area contributed by atoms with Crippen molar-refractivity contribution in [2.45, 2.75) is 24.9 Å². The maximum atomic E-state index is 13.5. The lowest BCUT2D eigenvalue weighted by molar-refractivity contribution is -0.142. The standard InChI is InChI=1S/C24H21NO7/c1-10(25)18-16(27)9-12-7-11-8-14-13(17-3-2-6-32-17)4-5-15(26)20(14)21(28)19(11)23(30)24(12,31)22(18)29/h2-6,11-12,26-27,30-31H,1,7-9,25H2/t11-,12+,24-/m1/s1. The topological polar surface area (TPSA) is 154 Å². The van der Waals surface area contributed by atoms with Crippen LogP contribution >= 0.6 is 0 Å². The van der Waals surface area contributed by atoms with Crippen LogP contribution in [0, 0.1) is 11.8 Å². The summed E-state index contributed by atoms with van der Waals surface area (Å²) in [6, 6.07) is 6.48. The van der Waals surface area contributed by atoms with Crippen molar-refractivity contribution in [1.29, 1.82) is 0 Å². The van der Waals surface area contributed by atoms with Gasteiger partial charge in [-0.15, -0.1) is 0 Å². The minimum Gasteiger partial charge on any atom is -0.511 e. The van der Waals surface area contributed by atoms with Gasteiger partial charge in [0.25, 0.3) is 0 Å². The number of hydrogen-bond acceptors (Lipinski definition) is 8. The molecule has 0 amide bonds. The van der Waals surface area contributed by atoms with Crippen LogP contribution in [-0.2, 0) is 11.2 Å². The number of ketones is 2. The molecule has 3 atom stereocenters. The van der Waals surface area contributed by atoms with E-state index in [2.05, 4.69) is 6.58 Å². The van der Waals surface area contributed by atoms with Gasteiger partial charge in [0.1, 0.15) is 23.0 Å². The molecule has 0 unspecified atom stereocenters. The number of fused-ring (bicyclic) bond motifs is 3. The molecule has 1 heterocycles. The zero-order valence-electron chi connectivity index (χ0n) is 17.0. The minimum absolute atomic E-state index is 0.00357. The Kier molecular flexibility index (Phi) is 4.16. The van der Waals surface area contributed by atoms with E-state index < -0.39 is 34.8 Å². The lowest BCUT2D eigenvalue weighted by Crippen LogP contribution is -2.56. The molecule has 1 aromatic heterocycles. The minimum atomic E-state index is -2.41. The number of carbonyl (C=O) groups is 2. The van der Waals surface area contributed by atoms with E-state index in [9.17, 15) is 30.0 Å². The predicted molar refractivity (Wildman–Crippen MR) is 113 cm³/mol. The zero-order chi connectivity index (χ0) is 22.9. The van der Waals surface area contributed by atoms with Gasteiger partial charge in [0.2, 0.25) is 5.78 Å². The first-order valence-electron chi connectivity index (χ1n) is 10.2. The van der Waals surface area contributed by atoms with Crippen LogP contribution in [-0.4, -0.2) is 37.6 Å². The highest BCUT2D eigenvalue weighted by Crippen LogP contribution is 2.52. The van der Waals surface area contributed by atoms with Crippen LogP contribution in [0.5, 0.6) is 5.75 Å². The molecule has 8 heteroatoms. The van der Waals surface area contributed by atoms with Crippen molar-refractivity contribution in [3.8, 4) is 17.1 Å². The van der Waals surface area contributed by atoms with Crippen LogP contribution in [0.15, 0.2) is 69.9 Å². The Balaban J connectivity index is 1.70. The highest BCUT2D eigenvalue weighted by molar-refractivity contribution is 6.16. The van der Waals surface area contributed by atoms with Crippen LogP contribution in [0.3, 0.4) is 0 Å². The fourth-order valence-corrected chi connectivity index (χ4v) is 5.36. The molecule has 5 rings (SSSR count). The van der Waals surface area contributed by atoms with Crippen molar-refractivity contribution in [2.24, 2.45) is 17.6 Å². The number of furan rings is 1. The summed E-state index contributed by atoms with van der Waals surface area (Å²) in [7, 11) is 0. The molecule has 0 radical (unpaired) electrons. The van der Waals surface area contributed by atoms with Gasteiger partial charge in [-0.1, -0.05) is 6.58 Å². The Bertz CT molecular complexity index is 1270. The monoisotopic (exact) mass is 435 g/mol. The van der Waals surface area contributed by atoms with Gasteiger partial charge >= 0.3 is 0 Å². The first-order chi connectivity index (χ1) is 15.2. The fourth-order valence-electron chi connectivity index (χ4n) is 5.36. The molecule has 0 saturated carbocycles. The smallest absolute Gasteiger partial charge is 0.207 e. The second-order valence-corrected chi connectivity index (χ2v) is 8.53. The van der Waals surface area contributed by atoms with E-state index in [0.29, 0.717) is 16.9 Å². The molecule has 3 aliphatic carbocycles. The van der Waals surface area contributed by atoms with Crippen molar-refractivity contribution < 1.29 is 34.4 Å². The van der Waals surface area contributed by atoms with Gasteiger partial charge in [-0.05, 0) is 48.6 Å². The summed E-state index contributed by atoms with van der Waals surface area (Å²) < 4.78 is 5.48. The van der Waals surface area contributed by atoms with Crippen molar-refractivity contribution in [3.63, 3.8) is 0 Å². The number of phenolic OH excluding ortho intramolecular Hbond substituents is 1. The lowest BCUT2D eigenvalue weighted by Gasteiger charge is -2.46. The van der Waals surface area contributed by atoms with Crippen LogP contribution in [0.1, 0.15) is 28.8 Å². The molecular formula is C24H21NO7. The van der Waals surface area contributed by atoms with E-state index in [4.69, 9.17) is 10.2 Å². The molecule has 1 aromatic carbocycles. The number of aromatic hydroxyl groups is 1. The van der Waals surface area contributed by atoms with E-state index in [1.807, 2.05) is 0 Å². The number of phenols is 1. The average molecular weight is 435 g/mol. The van der Waals surface area contributed by atoms with Gasteiger partial charge in [-0.3, -0.25) is 9.59 Å². The Hall–Kier alpha value is -3.78. The van der Waals surface area contributed by atoms with Crippen LogP contribution < -0.4 is 5.73 Å². The van der Waals surface area contributed by atoms with Gasteiger partial charge in [0.15, 0.2) is 11.4 Å². The number of rotatable bonds is 2. The molecule has 8 nitrogen and oxygen atoms in total.